The molecule has 0 fully saturated rings. The van der Waals surface area contributed by atoms with Crippen molar-refractivity contribution in [3.05, 3.63) is 29.8 Å². The Hall–Kier alpha value is -2.28. The Kier molecular flexibility index (Phi) is 8.52. The minimum absolute atomic E-state index is 0.109. The smallest absolute Gasteiger partial charge is 0.255 e. The number of nitrogens with one attached hydrogen (secondary N) is 2. The monoisotopic (exact) mass is 322 g/mol. The first-order chi connectivity index (χ1) is 11.0. The van der Waals surface area contributed by atoms with Crippen molar-refractivity contribution < 1.29 is 14.3 Å². The number of methoxy groups -OCH3 is 1. The summed E-state index contributed by atoms with van der Waals surface area (Å²) in [6.07, 6.45) is 0.843. The average Bonchev–Trinajstić information content (AvgIpc) is 2.53. The van der Waals surface area contributed by atoms with Crippen LogP contribution in [0, 0.1) is 0 Å². The first kappa shape index (κ1) is 18.8. The zero-order valence-electron chi connectivity index (χ0n) is 14.0. The Balaban J connectivity index is 2.35. The number of carbonyl (C=O) groups excluding carboxylic acids is 1. The van der Waals surface area contributed by atoms with E-state index in [1.54, 1.807) is 14.2 Å². The van der Waals surface area contributed by atoms with Crippen LogP contribution in [0.4, 0.5) is 0 Å². The number of hydrogen-bond donors (Lipinski definition) is 3. The largest absolute Gasteiger partial charge is 0.484 e. The second-order valence-electron chi connectivity index (χ2n) is 5.15. The van der Waals surface area contributed by atoms with Crippen molar-refractivity contribution in [1.29, 1.82) is 0 Å². The first-order valence-electron chi connectivity index (χ1n) is 7.51. The zero-order chi connectivity index (χ0) is 17.1. The van der Waals surface area contributed by atoms with Gasteiger partial charge in [-0.05, 0) is 31.0 Å². The van der Waals surface area contributed by atoms with Crippen LogP contribution in [0.5, 0.6) is 5.75 Å². The van der Waals surface area contributed by atoms with Crippen LogP contribution in [0.2, 0.25) is 0 Å². The van der Waals surface area contributed by atoms with Gasteiger partial charge >= 0.3 is 0 Å². The summed E-state index contributed by atoms with van der Waals surface area (Å²) < 4.78 is 10.3. The predicted octanol–water partition coefficient (Wildman–Crippen LogP) is 0.293. The summed E-state index contributed by atoms with van der Waals surface area (Å²) in [5.41, 5.74) is 6.19. The van der Waals surface area contributed by atoms with E-state index in [0.717, 1.165) is 24.5 Å². The molecule has 0 aliphatic rings. The summed E-state index contributed by atoms with van der Waals surface area (Å²) >= 11 is 0. The molecular formula is C16H26N4O3. The summed E-state index contributed by atoms with van der Waals surface area (Å²) in [6.45, 7) is 3.29. The van der Waals surface area contributed by atoms with Gasteiger partial charge < -0.3 is 25.8 Å². The number of nitrogens with zero attached hydrogens (tertiary/aromatic N) is 1. The molecule has 0 saturated carbocycles. The van der Waals surface area contributed by atoms with Crippen LogP contribution in [0.3, 0.4) is 0 Å². The SMILES string of the molecule is CN=C(NCCc1ccc(OCC(N)=O)cc1)NC(C)COC. The second kappa shape index (κ2) is 10.4. The molecule has 0 heterocycles. The van der Waals surface area contributed by atoms with E-state index in [2.05, 4.69) is 15.6 Å². The Morgan fingerprint density at radius 2 is 2.04 bits per heavy atom. The van der Waals surface area contributed by atoms with Crippen LogP contribution in [0.1, 0.15) is 12.5 Å². The Bertz CT molecular complexity index is 503. The van der Waals surface area contributed by atoms with Crippen molar-refractivity contribution in [1.82, 2.24) is 10.6 Å². The number of aliphatic imine (C=N–C) groups is 1. The molecule has 7 nitrogen and oxygen atoms in total. The van der Waals surface area contributed by atoms with Gasteiger partial charge in [-0.2, -0.15) is 0 Å². The van der Waals surface area contributed by atoms with Gasteiger partial charge in [0.1, 0.15) is 5.75 Å². The molecule has 1 amide bonds. The van der Waals surface area contributed by atoms with Crippen LogP contribution in [-0.4, -0.2) is 51.8 Å². The third kappa shape index (κ3) is 8.06. The molecule has 0 radical (unpaired) electrons. The molecule has 1 atom stereocenters. The first-order valence-corrected chi connectivity index (χ1v) is 7.51. The van der Waals surface area contributed by atoms with E-state index >= 15 is 0 Å². The Labute approximate surface area is 137 Å². The van der Waals surface area contributed by atoms with Gasteiger partial charge in [0.2, 0.25) is 0 Å². The second-order valence-corrected chi connectivity index (χ2v) is 5.15. The normalized spacial score (nSPS) is 12.6. The number of guanidine groups is 1. The van der Waals surface area contributed by atoms with E-state index in [1.165, 1.54) is 0 Å². The molecule has 0 aromatic heterocycles. The fraction of sp³-hybridized carbons (Fsp3) is 0.500. The number of primary amides is 1. The molecule has 128 valence electrons. The molecule has 0 saturated heterocycles. The molecule has 1 aromatic rings. The van der Waals surface area contributed by atoms with Crippen LogP contribution < -0.4 is 21.1 Å². The standard InChI is InChI=1S/C16H26N4O3/c1-12(10-22-3)20-16(18-2)19-9-8-13-4-6-14(7-5-13)23-11-15(17)21/h4-7,12H,8-11H2,1-3H3,(H2,17,21)(H2,18,19,20). The van der Waals surface area contributed by atoms with E-state index in [0.29, 0.717) is 12.4 Å². The minimum atomic E-state index is -0.486. The van der Waals surface area contributed by atoms with Crippen LogP contribution in [0.15, 0.2) is 29.3 Å². The van der Waals surface area contributed by atoms with E-state index < -0.39 is 5.91 Å². The van der Waals surface area contributed by atoms with Gasteiger partial charge in [0, 0.05) is 26.7 Å². The molecule has 1 rings (SSSR count). The summed E-state index contributed by atoms with van der Waals surface area (Å²) in [5.74, 6) is 0.891. The molecule has 23 heavy (non-hydrogen) atoms. The van der Waals surface area contributed by atoms with Crippen LogP contribution >= 0.6 is 0 Å². The molecule has 0 aliphatic heterocycles. The summed E-state index contributed by atoms with van der Waals surface area (Å²) in [7, 11) is 3.41. The van der Waals surface area contributed by atoms with Gasteiger partial charge in [0.25, 0.3) is 5.91 Å². The van der Waals surface area contributed by atoms with Crippen molar-refractivity contribution in [2.75, 3.05) is 33.9 Å². The lowest BCUT2D eigenvalue weighted by Gasteiger charge is -2.17. The third-order valence-corrected chi connectivity index (χ3v) is 3.03. The highest BCUT2D eigenvalue weighted by Gasteiger charge is 2.04. The maximum absolute atomic E-state index is 10.7. The van der Waals surface area contributed by atoms with Gasteiger partial charge in [-0.25, -0.2) is 0 Å². The summed E-state index contributed by atoms with van der Waals surface area (Å²) in [4.78, 5) is 14.8. The van der Waals surface area contributed by atoms with Crippen molar-refractivity contribution >= 4 is 11.9 Å². The molecular weight excluding hydrogens is 296 g/mol. The maximum Gasteiger partial charge on any atom is 0.255 e. The van der Waals surface area contributed by atoms with Crippen molar-refractivity contribution in [3.8, 4) is 5.75 Å². The van der Waals surface area contributed by atoms with Gasteiger partial charge in [-0.1, -0.05) is 12.1 Å². The van der Waals surface area contributed by atoms with Gasteiger partial charge in [-0.15, -0.1) is 0 Å². The number of carbonyl (C=O) groups is 1. The fourth-order valence-electron chi connectivity index (χ4n) is 1.95. The predicted molar refractivity (Wildman–Crippen MR) is 90.7 cm³/mol. The number of nitrogens with two attached hydrogens (primary N) is 1. The number of rotatable bonds is 9. The molecule has 0 aliphatic carbocycles. The lowest BCUT2D eigenvalue weighted by Crippen LogP contribution is -2.44. The number of hydrogen-bond acceptors (Lipinski definition) is 4. The Morgan fingerprint density at radius 1 is 1.35 bits per heavy atom. The number of ether oxygens (including phenoxy) is 2. The minimum Gasteiger partial charge on any atom is -0.484 e. The van der Waals surface area contributed by atoms with Gasteiger partial charge in [0.15, 0.2) is 12.6 Å². The van der Waals surface area contributed by atoms with Crippen molar-refractivity contribution in [2.24, 2.45) is 10.7 Å². The molecule has 1 aromatic carbocycles. The highest BCUT2D eigenvalue weighted by atomic mass is 16.5. The maximum atomic E-state index is 10.7. The highest BCUT2D eigenvalue weighted by molar-refractivity contribution is 5.79. The van der Waals surface area contributed by atoms with E-state index in [-0.39, 0.29) is 12.6 Å². The molecule has 0 bridgehead atoms. The number of benzene rings is 1. The molecule has 7 heteroatoms. The van der Waals surface area contributed by atoms with Gasteiger partial charge in [0.05, 0.1) is 6.61 Å². The number of amides is 1. The summed E-state index contributed by atoms with van der Waals surface area (Å²) in [5, 5.41) is 6.49. The van der Waals surface area contributed by atoms with Crippen LogP contribution in [-0.2, 0) is 16.0 Å². The van der Waals surface area contributed by atoms with E-state index in [9.17, 15) is 4.79 Å². The van der Waals surface area contributed by atoms with E-state index in [4.69, 9.17) is 15.2 Å². The lowest BCUT2D eigenvalue weighted by atomic mass is 10.1. The molecule has 4 N–H and O–H groups in total. The average molecular weight is 322 g/mol. The molecule has 0 spiro atoms. The fourth-order valence-corrected chi connectivity index (χ4v) is 1.95. The Morgan fingerprint density at radius 3 is 2.61 bits per heavy atom. The topological polar surface area (TPSA) is 98.0 Å². The highest BCUT2D eigenvalue weighted by Crippen LogP contribution is 2.12. The van der Waals surface area contributed by atoms with Gasteiger partial charge in [-0.3, -0.25) is 9.79 Å². The van der Waals surface area contributed by atoms with Crippen molar-refractivity contribution in [3.63, 3.8) is 0 Å². The third-order valence-electron chi connectivity index (χ3n) is 3.03. The van der Waals surface area contributed by atoms with Crippen molar-refractivity contribution in [2.45, 2.75) is 19.4 Å². The lowest BCUT2D eigenvalue weighted by molar-refractivity contribution is -0.119. The molecule has 1 unspecified atom stereocenters. The quantitative estimate of drug-likeness (QED) is 0.448. The summed E-state index contributed by atoms with van der Waals surface area (Å²) in [6, 6.07) is 7.76. The van der Waals surface area contributed by atoms with Crippen LogP contribution in [0.25, 0.3) is 0 Å². The van der Waals surface area contributed by atoms with E-state index in [1.807, 2.05) is 31.2 Å². The zero-order valence-corrected chi connectivity index (χ0v) is 14.0.